The molecule has 0 fully saturated rings. The van der Waals surface area contributed by atoms with Crippen LogP contribution in [0.4, 0.5) is 0 Å². The molecule has 114 valence electrons. The van der Waals surface area contributed by atoms with Crippen LogP contribution >= 0.6 is 0 Å². The minimum atomic E-state index is 0.269. The molecule has 0 saturated heterocycles. The molecule has 22 heavy (non-hydrogen) atoms. The number of nitrogens with one attached hydrogen (secondary N) is 1. The van der Waals surface area contributed by atoms with Gasteiger partial charge >= 0.3 is 0 Å². The summed E-state index contributed by atoms with van der Waals surface area (Å²) in [5.41, 5.74) is 1.93. The summed E-state index contributed by atoms with van der Waals surface area (Å²) >= 11 is 0. The van der Waals surface area contributed by atoms with Crippen LogP contribution in [0, 0.1) is 0 Å². The van der Waals surface area contributed by atoms with E-state index in [0.29, 0.717) is 6.54 Å². The van der Waals surface area contributed by atoms with Crippen molar-refractivity contribution in [2.24, 2.45) is 0 Å². The van der Waals surface area contributed by atoms with Gasteiger partial charge in [0, 0.05) is 30.1 Å². The molecule has 0 aliphatic heterocycles. The van der Waals surface area contributed by atoms with E-state index in [2.05, 4.69) is 29.4 Å². The Bertz CT molecular complexity index is 691. The topological polar surface area (TPSA) is 55.9 Å². The fraction of sp³-hybridized carbons (Fsp3) is 0.294. The molecule has 2 atom stereocenters. The first-order chi connectivity index (χ1) is 10.7. The van der Waals surface area contributed by atoms with Crippen LogP contribution in [0.25, 0.3) is 11.3 Å². The maximum absolute atomic E-state index is 5.40. The van der Waals surface area contributed by atoms with Crippen LogP contribution in [0.5, 0.6) is 0 Å². The third-order valence-corrected chi connectivity index (χ3v) is 3.89. The van der Waals surface area contributed by atoms with Gasteiger partial charge in [0.2, 0.25) is 0 Å². The van der Waals surface area contributed by atoms with Gasteiger partial charge in [-0.3, -0.25) is 4.68 Å². The van der Waals surface area contributed by atoms with Crippen LogP contribution in [0.15, 0.2) is 59.4 Å². The standard InChI is InChI=1S/C17H20N4O/c1-13(14(2)21-10-6-9-19-21)18-12-16-11-17(20-22-16)15-7-4-3-5-8-15/h3-11,13-14,18H,12H2,1-2H3/t13-,14-/m1/s1. The predicted octanol–water partition coefficient (Wildman–Crippen LogP) is 3.28. The van der Waals surface area contributed by atoms with Gasteiger partial charge in [-0.05, 0) is 19.9 Å². The summed E-state index contributed by atoms with van der Waals surface area (Å²) in [6, 6.07) is 14.5. The van der Waals surface area contributed by atoms with E-state index in [0.717, 1.165) is 17.0 Å². The Hall–Kier alpha value is -2.40. The van der Waals surface area contributed by atoms with Gasteiger partial charge in [-0.1, -0.05) is 35.5 Å². The zero-order chi connectivity index (χ0) is 15.4. The molecule has 3 aromatic rings. The second kappa shape index (κ2) is 6.58. The van der Waals surface area contributed by atoms with Gasteiger partial charge in [0.25, 0.3) is 0 Å². The molecule has 5 heteroatoms. The summed E-state index contributed by atoms with van der Waals surface area (Å²) in [7, 11) is 0. The van der Waals surface area contributed by atoms with E-state index in [-0.39, 0.29) is 12.1 Å². The lowest BCUT2D eigenvalue weighted by molar-refractivity contribution is 0.330. The maximum atomic E-state index is 5.40. The normalized spacial score (nSPS) is 13.9. The zero-order valence-corrected chi connectivity index (χ0v) is 12.8. The van der Waals surface area contributed by atoms with Gasteiger partial charge in [-0.25, -0.2) is 0 Å². The van der Waals surface area contributed by atoms with Crippen molar-refractivity contribution >= 4 is 0 Å². The highest BCUT2D eigenvalue weighted by Gasteiger charge is 2.14. The van der Waals surface area contributed by atoms with Crippen molar-refractivity contribution in [3.63, 3.8) is 0 Å². The van der Waals surface area contributed by atoms with E-state index < -0.39 is 0 Å². The van der Waals surface area contributed by atoms with E-state index in [1.807, 2.05) is 53.3 Å². The van der Waals surface area contributed by atoms with Crippen molar-refractivity contribution in [2.45, 2.75) is 32.5 Å². The summed E-state index contributed by atoms with van der Waals surface area (Å²) in [6.45, 7) is 4.92. The summed E-state index contributed by atoms with van der Waals surface area (Å²) in [5, 5.41) is 11.9. The Kier molecular flexibility index (Phi) is 4.34. The second-order valence-corrected chi connectivity index (χ2v) is 5.44. The van der Waals surface area contributed by atoms with Crippen molar-refractivity contribution < 1.29 is 4.52 Å². The molecule has 2 heterocycles. The Morgan fingerprint density at radius 1 is 1.18 bits per heavy atom. The fourth-order valence-corrected chi connectivity index (χ4v) is 2.32. The molecule has 0 radical (unpaired) electrons. The van der Waals surface area contributed by atoms with Crippen LogP contribution in [0.2, 0.25) is 0 Å². The lowest BCUT2D eigenvalue weighted by Crippen LogP contribution is -2.33. The first-order valence-corrected chi connectivity index (χ1v) is 7.47. The van der Waals surface area contributed by atoms with Crippen LogP contribution in [-0.4, -0.2) is 21.0 Å². The molecule has 0 aliphatic rings. The quantitative estimate of drug-likeness (QED) is 0.758. The van der Waals surface area contributed by atoms with Crippen molar-refractivity contribution in [2.75, 3.05) is 0 Å². The lowest BCUT2D eigenvalue weighted by Gasteiger charge is -2.21. The zero-order valence-electron chi connectivity index (χ0n) is 12.8. The Morgan fingerprint density at radius 3 is 2.73 bits per heavy atom. The largest absolute Gasteiger partial charge is 0.359 e. The van der Waals surface area contributed by atoms with Crippen LogP contribution < -0.4 is 5.32 Å². The van der Waals surface area contributed by atoms with Crippen molar-refractivity contribution in [3.8, 4) is 11.3 Å². The second-order valence-electron chi connectivity index (χ2n) is 5.44. The SMILES string of the molecule is C[C@H]([C@@H](C)NCc1cc(-c2ccccc2)no1)n1cccn1. The predicted molar refractivity (Wildman–Crippen MR) is 85.2 cm³/mol. The van der Waals surface area contributed by atoms with Gasteiger partial charge < -0.3 is 9.84 Å². The van der Waals surface area contributed by atoms with E-state index in [4.69, 9.17) is 4.52 Å². The van der Waals surface area contributed by atoms with E-state index in [1.54, 1.807) is 6.20 Å². The minimum absolute atomic E-state index is 0.269. The molecule has 0 amide bonds. The van der Waals surface area contributed by atoms with Crippen LogP contribution in [0.1, 0.15) is 25.6 Å². The Balaban J connectivity index is 1.59. The molecule has 1 aromatic carbocycles. The van der Waals surface area contributed by atoms with E-state index in [9.17, 15) is 0 Å². The van der Waals surface area contributed by atoms with Gasteiger partial charge in [-0.15, -0.1) is 0 Å². The first-order valence-electron chi connectivity index (χ1n) is 7.47. The number of hydrogen-bond acceptors (Lipinski definition) is 4. The molecule has 3 rings (SSSR count). The average Bonchev–Trinajstić information content (AvgIpc) is 3.24. The highest BCUT2D eigenvalue weighted by molar-refractivity contribution is 5.58. The third-order valence-electron chi connectivity index (χ3n) is 3.89. The first kappa shape index (κ1) is 14.5. The highest BCUT2D eigenvalue weighted by atomic mass is 16.5. The van der Waals surface area contributed by atoms with Crippen molar-refractivity contribution in [1.29, 1.82) is 0 Å². The molecule has 0 aliphatic carbocycles. The van der Waals surface area contributed by atoms with Crippen LogP contribution in [0.3, 0.4) is 0 Å². The third kappa shape index (κ3) is 3.26. The molecular formula is C17H20N4O. The monoisotopic (exact) mass is 296 g/mol. The smallest absolute Gasteiger partial charge is 0.151 e. The molecule has 5 nitrogen and oxygen atoms in total. The molecule has 0 spiro atoms. The Labute approximate surface area is 129 Å². The van der Waals surface area contributed by atoms with Crippen molar-refractivity contribution in [1.82, 2.24) is 20.3 Å². The lowest BCUT2D eigenvalue weighted by atomic mass is 10.1. The minimum Gasteiger partial charge on any atom is -0.359 e. The van der Waals surface area contributed by atoms with Crippen molar-refractivity contribution in [3.05, 3.63) is 60.6 Å². The van der Waals surface area contributed by atoms with Gasteiger partial charge in [-0.2, -0.15) is 5.10 Å². The van der Waals surface area contributed by atoms with Gasteiger partial charge in [0.05, 0.1) is 12.6 Å². The maximum Gasteiger partial charge on any atom is 0.151 e. The summed E-state index contributed by atoms with van der Waals surface area (Å²) in [6.07, 6.45) is 3.77. The molecule has 1 N–H and O–H groups in total. The molecular weight excluding hydrogens is 276 g/mol. The summed E-state index contributed by atoms with van der Waals surface area (Å²) in [4.78, 5) is 0. The number of benzene rings is 1. The van der Waals surface area contributed by atoms with E-state index >= 15 is 0 Å². The fourth-order valence-electron chi connectivity index (χ4n) is 2.32. The van der Waals surface area contributed by atoms with Crippen LogP contribution in [-0.2, 0) is 6.54 Å². The number of nitrogens with zero attached hydrogens (tertiary/aromatic N) is 3. The number of hydrogen-bond donors (Lipinski definition) is 1. The summed E-state index contributed by atoms with van der Waals surface area (Å²) in [5.74, 6) is 0.832. The average molecular weight is 296 g/mol. The number of aromatic nitrogens is 3. The van der Waals surface area contributed by atoms with E-state index in [1.165, 1.54) is 0 Å². The Morgan fingerprint density at radius 2 is 2.00 bits per heavy atom. The number of rotatable bonds is 6. The molecule has 2 aromatic heterocycles. The van der Waals surface area contributed by atoms with Gasteiger partial charge in [0.15, 0.2) is 5.76 Å². The van der Waals surface area contributed by atoms with Gasteiger partial charge in [0.1, 0.15) is 5.69 Å². The molecule has 0 saturated carbocycles. The molecule has 0 bridgehead atoms. The highest BCUT2D eigenvalue weighted by Crippen LogP contribution is 2.18. The summed E-state index contributed by atoms with van der Waals surface area (Å²) < 4.78 is 7.36. The molecule has 0 unspecified atom stereocenters.